The monoisotopic (exact) mass is 294 g/mol. The fourth-order valence-electron chi connectivity index (χ4n) is 1.99. The molecule has 104 valence electrons. The quantitative estimate of drug-likeness (QED) is 0.680. The SMILES string of the molecule is CCCNC1=C(Cl)C(=O)c2c(cccc2[N+](=O)[O-])C1=O. The molecule has 0 unspecified atom stereocenters. The van der Waals surface area contributed by atoms with Gasteiger partial charge in [-0.25, -0.2) is 0 Å². The maximum absolute atomic E-state index is 12.3. The average molecular weight is 295 g/mol. The molecule has 1 aliphatic carbocycles. The number of hydrogen-bond acceptors (Lipinski definition) is 5. The topological polar surface area (TPSA) is 89.3 Å². The molecule has 1 aromatic rings. The number of carbonyl (C=O) groups excluding carboxylic acids is 2. The van der Waals surface area contributed by atoms with Crippen LogP contribution in [0.5, 0.6) is 0 Å². The van der Waals surface area contributed by atoms with Gasteiger partial charge in [0.05, 0.1) is 4.92 Å². The van der Waals surface area contributed by atoms with Crippen LogP contribution in [0.15, 0.2) is 28.9 Å². The van der Waals surface area contributed by atoms with E-state index in [4.69, 9.17) is 11.6 Å². The van der Waals surface area contributed by atoms with E-state index >= 15 is 0 Å². The number of ketones is 2. The smallest absolute Gasteiger partial charge is 0.281 e. The van der Waals surface area contributed by atoms with E-state index < -0.39 is 22.2 Å². The normalized spacial score (nSPS) is 14.3. The predicted octanol–water partition coefficient (Wildman–Crippen LogP) is 2.42. The first kappa shape index (κ1) is 14.2. The molecular formula is C13H11ClN2O4. The summed E-state index contributed by atoms with van der Waals surface area (Å²) in [7, 11) is 0. The van der Waals surface area contributed by atoms with Crippen molar-refractivity contribution in [2.24, 2.45) is 0 Å². The molecule has 6 nitrogen and oxygen atoms in total. The Morgan fingerprint density at radius 2 is 2.00 bits per heavy atom. The fourth-order valence-corrected chi connectivity index (χ4v) is 2.23. The largest absolute Gasteiger partial charge is 0.381 e. The van der Waals surface area contributed by atoms with Crippen LogP contribution in [0.3, 0.4) is 0 Å². The van der Waals surface area contributed by atoms with Gasteiger partial charge in [0.2, 0.25) is 11.6 Å². The number of nitro benzene ring substituents is 1. The molecule has 0 fully saturated rings. The number of benzene rings is 1. The first-order valence-corrected chi connectivity index (χ1v) is 6.37. The average Bonchev–Trinajstić information content (AvgIpc) is 2.44. The molecule has 0 aromatic heterocycles. The second-order valence-electron chi connectivity index (χ2n) is 4.23. The highest BCUT2D eigenvalue weighted by atomic mass is 35.5. The van der Waals surface area contributed by atoms with E-state index in [9.17, 15) is 19.7 Å². The summed E-state index contributed by atoms with van der Waals surface area (Å²) in [6, 6.07) is 3.94. The van der Waals surface area contributed by atoms with Crippen molar-refractivity contribution in [1.29, 1.82) is 0 Å². The van der Waals surface area contributed by atoms with Crippen LogP contribution in [-0.2, 0) is 0 Å². The lowest BCUT2D eigenvalue weighted by Gasteiger charge is -2.18. The second-order valence-corrected chi connectivity index (χ2v) is 4.61. The highest BCUT2D eigenvalue weighted by Gasteiger charge is 2.36. The first-order valence-electron chi connectivity index (χ1n) is 5.99. The van der Waals surface area contributed by atoms with E-state index in [-0.39, 0.29) is 21.9 Å². The van der Waals surface area contributed by atoms with Crippen molar-refractivity contribution in [2.45, 2.75) is 13.3 Å². The van der Waals surface area contributed by atoms with Crippen LogP contribution >= 0.6 is 11.6 Å². The van der Waals surface area contributed by atoms with Gasteiger partial charge in [-0.15, -0.1) is 0 Å². The highest BCUT2D eigenvalue weighted by molar-refractivity contribution is 6.50. The molecule has 0 saturated heterocycles. The zero-order chi connectivity index (χ0) is 14.9. The first-order chi connectivity index (χ1) is 9.49. The molecule has 2 rings (SSSR count). The van der Waals surface area contributed by atoms with Crippen molar-refractivity contribution in [1.82, 2.24) is 5.32 Å². The van der Waals surface area contributed by atoms with Crippen molar-refractivity contribution in [3.8, 4) is 0 Å². The van der Waals surface area contributed by atoms with Gasteiger partial charge in [-0.2, -0.15) is 0 Å². The minimum absolute atomic E-state index is 0.00603. The number of halogens is 1. The lowest BCUT2D eigenvalue weighted by atomic mass is 9.91. The van der Waals surface area contributed by atoms with Crippen molar-refractivity contribution in [2.75, 3.05) is 6.54 Å². The van der Waals surface area contributed by atoms with Gasteiger partial charge in [0, 0.05) is 18.2 Å². The van der Waals surface area contributed by atoms with Gasteiger partial charge in [0.25, 0.3) is 5.69 Å². The number of nitrogens with zero attached hydrogens (tertiary/aromatic N) is 1. The maximum atomic E-state index is 12.3. The molecule has 7 heteroatoms. The van der Waals surface area contributed by atoms with Crippen LogP contribution in [0.25, 0.3) is 0 Å². The third-order valence-corrected chi connectivity index (χ3v) is 3.27. The highest BCUT2D eigenvalue weighted by Crippen LogP contribution is 2.33. The van der Waals surface area contributed by atoms with Crippen LogP contribution in [0.4, 0.5) is 5.69 Å². The van der Waals surface area contributed by atoms with E-state index in [1.807, 2.05) is 6.92 Å². The number of hydrogen-bond donors (Lipinski definition) is 1. The van der Waals surface area contributed by atoms with Gasteiger partial charge in [0.1, 0.15) is 16.3 Å². The number of nitrogens with one attached hydrogen (secondary N) is 1. The molecule has 0 radical (unpaired) electrons. The van der Waals surface area contributed by atoms with Crippen LogP contribution in [-0.4, -0.2) is 23.0 Å². The second kappa shape index (κ2) is 5.42. The molecule has 0 saturated carbocycles. The Bertz CT molecular complexity index is 652. The summed E-state index contributed by atoms with van der Waals surface area (Å²) >= 11 is 5.89. The van der Waals surface area contributed by atoms with Gasteiger partial charge < -0.3 is 5.32 Å². The van der Waals surface area contributed by atoms with Crippen molar-refractivity contribution in [3.05, 3.63) is 50.2 Å². The van der Waals surface area contributed by atoms with Crippen molar-refractivity contribution >= 4 is 28.9 Å². The Hall–Kier alpha value is -2.21. The van der Waals surface area contributed by atoms with Gasteiger partial charge in [-0.05, 0) is 12.5 Å². The standard InChI is InChI=1S/C13H11ClN2O4/c1-2-6-15-11-10(14)13(18)9-7(12(11)17)4-3-5-8(9)16(19)20/h3-5,15H,2,6H2,1H3. The Kier molecular flexibility index (Phi) is 3.85. The van der Waals surface area contributed by atoms with Crippen LogP contribution in [0.1, 0.15) is 34.1 Å². The molecule has 20 heavy (non-hydrogen) atoms. The van der Waals surface area contributed by atoms with E-state index in [1.54, 1.807) is 0 Å². The minimum atomic E-state index is -0.702. The van der Waals surface area contributed by atoms with E-state index in [0.717, 1.165) is 6.42 Å². The molecule has 0 bridgehead atoms. The van der Waals surface area contributed by atoms with E-state index in [0.29, 0.717) is 6.54 Å². The molecule has 0 spiro atoms. The Balaban J connectivity index is 2.60. The van der Waals surface area contributed by atoms with Gasteiger partial charge in [-0.1, -0.05) is 24.6 Å². The van der Waals surface area contributed by atoms with Gasteiger partial charge in [0.15, 0.2) is 0 Å². The van der Waals surface area contributed by atoms with Crippen molar-refractivity contribution in [3.63, 3.8) is 0 Å². The van der Waals surface area contributed by atoms with Crippen molar-refractivity contribution < 1.29 is 14.5 Å². The number of allylic oxidation sites excluding steroid dienone is 2. The van der Waals surface area contributed by atoms with E-state index in [2.05, 4.69) is 5.32 Å². The summed E-state index contributed by atoms with van der Waals surface area (Å²) in [5.41, 5.74) is -0.637. The van der Waals surface area contributed by atoms with Crippen LogP contribution in [0.2, 0.25) is 0 Å². The summed E-state index contributed by atoms with van der Waals surface area (Å²) in [5.74, 6) is -1.20. The third-order valence-electron chi connectivity index (χ3n) is 2.91. The zero-order valence-electron chi connectivity index (χ0n) is 10.6. The third kappa shape index (κ3) is 2.18. The Morgan fingerprint density at radius 1 is 1.30 bits per heavy atom. The maximum Gasteiger partial charge on any atom is 0.281 e. The minimum Gasteiger partial charge on any atom is -0.381 e. The molecule has 0 amide bonds. The molecule has 1 aliphatic rings. The lowest BCUT2D eigenvalue weighted by molar-refractivity contribution is -0.385. The molecule has 0 heterocycles. The summed E-state index contributed by atoms with van der Waals surface area (Å²) in [6.07, 6.45) is 0.747. The number of rotatable bonds is 4. The molecular weight excluding hydrogens is 284 g/mol. The summed E-state index contributed by atoms with van der Waals surface area (Å²) in [5, 5.41) is 13.5. The fraction of sp³-hybridized carbons (Fsp3) is 0.231. The summed E-state index contributed by atoms with van der Waals surface area (Å²) < 4.78 is 0. The van der Waals surface area contributed by atoms with Crippen LogP contribution < -0.4 is 5.32 Å². The number of fused-ring (bicyclic) bond motifs is 1. The Labute approximate surface area is 119 Å². The Morgan fingerprint density at radius 3 is 2.60 bits per heavy atom. The molecule has 0 atom stereocenters. The molecule has 1 aromatic carbocycles. The van der Waals surface area contributed by atoms with E-state index in [1.165, 1.54) is 18.2 Å². The number of Topliss-reactive ketones (excluding diaryl/α,β-unsaturated/α-hetero) is 2. The predicted molar refractivity (Wildman–Crippen MR) is 72.9 cm³/mol. The lowest BCUT2D eigenvalue weighted by Crippen LogP contribution is -2.30. The number of nitro groups is 1. The summed E-state index contributed by atoms with van der Waals surface area (Å²) in [6.45, 7) is 2.38. The van der Waals surface area contributed by atoms with Gasteiger partial charge >= 0.3 is 0 Å². The summed E-state index contributed by atoms with van der Waals surface area (Å²) in [4.78, 5) is 34.7. The molecule has 0 aliphatic heterocycles. The van der Waals surface area contributed by atoms with Crippen LogP contribution in [0, 0.1) is 10.1 Å². The molecule has 1 N–H and O–H groups in total. The zero-order valence-corrected chi connectivity index (χ0v) is 11.4. The van der Waals surface area contributed by atoms with Gasteiger partial charge in [-0.3, -0.25) is 19.7 Å². The number of carbonyl (C=O) groups is 2.